The average molecular weight is 276 g/mol. The van der Waals surface area contributed by atoms with E-state index in [1.807, 2.05) is 0 Å². The maximum atomic E-state index is 12.8. The number of nitrogens with zero attached hydrogens (tertiary/aromatic N) is 1. The van der Waals surface area contributed by atoms with Crippen molar-refractivity contribution in [2.45, 2.75) is 24.4 Å². The first-order valence-corrected chi connectivity index (χ1v) is 6.24. The lowest BCUT2D eigenvalue weighted by atomic mass is 9.75. The van der Waals surface area contributed by atoms with E-state index in [1.54, 1.807) is 18.2 Å². The molecule has 0 amide bonds. The fraction of sp³-hybridized carbons (Fsp3) is 0.364. The van der Waals surface area contributed by atoms with Gasteiger partial charge in [-0.1, -0.05) is 11.6 Å². The molecule has 3 rings (SSSR count). The summed E-state index contributed by atoms with van der Waals surface area (Å²) in [7, 11) is 0. The Kier molecular flexibility index (Phi) is 2.24. The summed E-state index contributed by atoms with van der Waals surface area (Å²) < 4.78 is 25.7. The molecule has 0 saturated heterocycles. The van der Waals surface area contributed by atoms with Gasteiger partial charge in [0.05, 0.1) is 0 Å². The van der Waals surface area contributed by atoms with Gasteiger partial charge in [-0.2, -0.15) is 0 Å². The van der Waals surface area contributed by atoms with Gasteiger partial charge in [0.25, 0.3) is 5.92 Å². The van der Waals surface area contributed by atoms with Crippen molar-refractivity contribution in [3.05, 3.63) is 28.2 Å². The molecule has 2 heterocycles. The van der Waals surface area contributed by atoms with Gasteiger partial charge in [-0.05, 0) is 18.2 Å². The second-order valence-electron chi connectivity index (χ2n) is 4.38. The Balaban J connectivity index is 2.02. The van der Waals surface area contributed by atoms with E-state index >= 15 is 0 Å². The van der Waals surface area contributed by atoms with Gasteiger partial charge in [-0.3, -0.25) is 0 Å². The molecule has 0 atom stereocenters. The monoisotopic (exact) mass is 275 g/mol. The van der Waals surface area contributed by atoms with Crippen molar-refractivity contribution < 1.29 is 13.9 Å². The smallest absolute Gasteiger partial charge is 0.254 e. The molecule has 90 valence electrons. The summed E-state index contributed by atoms with van der Waals surface area (Å²) in [5.74, 6) is -2.75. The number of aliphatic hydroxyl groups is 1. The Labute approximate surface area is 105 Å². The molecule has 2 aromatic rings. The van der Waals surface area contributed by atoms with Crippen molar-refractivity contribution in [1.29, 1.82) is 0 Å². The topological polar surface area (TPSA) is 33.1 Å². The molecule has 0 radical (unpaired) electrons. The fourth-order valence-corrected chi connectivity index (χ4v) is 3.42. The minimum Gasteiger partial charge on any atom is -0.384 e. The Morgan fingerprint density at radius 3 is 2.71 bits per heavy atom. The molecule has 17 heavy (non-hydrogen) atoms. The molecule has 2 nitrogen and oxygen atoms in total. The number of hydrogen-bond donors (Lipinski definition) is 1. The van der Waals surface area contributed by atoms with E-state index in [1.165, 1.54) is 11.3 Å². The van der Waals surface area contributed by atoms with Crippen LogP contribution in [-0.4, -0.2) is 16.0 Å². The van der Waals surface area contributed by atoms with Gasteiger partial charge in [0, 0.05) is 23.1 Å². The zero-order valence-electron chi connectivity index (χ0n) is 8.58. The van der Waals surface area contributed by atoms with Gasteiger partial charge in [-0.15, -0.1) is 11.3 Å². The van der Waals surface area contributed by atoms with E-state index in [9.17, 15) is 13.9 Å². The van der Waals surface area contributed by atoms with E-state index in [0.29, 0.717) is 14.9 Å². The SMILES string of the molecule is OC1(c2cc3ccc(Cl)nc3s2)CC(F)(F)C1. The molecule has 0 bridgehead atoms. The summed E-state index contributed by atoms with van der Waals surface area (Å²) >= 11 is 6.96. The molecule has 0 aromatic carbocycles. The number of halogens is 3. The van der Waals surface area contributed by atoms with Crippen LogP contribution < -0.4 is 0 Å². The summed E-state index contributed by atoms with van der Waals surface area (Å²) in [5.41, 5.74) is -1.40. The Bertz CT molecular complexity index is 590. The van der Waals surface area contributed by atoms with E-state index in [2.05, 4.69) is 4.98 Å². The molecule has 1 saturated carbocycles. The fourth-order valence-electron chi connectivity index (χ4n) is 2.10. The predicted molar refractivity (Wildman–Crippen MR) is 62.7 cm³/mol. The number of pyridine rings is 1. The van der Waals surface area contributed by atoms with Gasteiger partial charge >= 0.3 is 0 Å². The van der Waals surface area contributed by atoms with Gasteiger partial charge < -0.3 is 5.11 Å². The number of fused-ring (bicyclic) bond motifs is 1. The third kappa shape index (κ3) is 1.82. The van der Waals surface area contributed by atoms with Crippen LogP contribution in [0.2, 0.25) is 5.15 Å². The average Bonchev–Trinajstić information content (AvgIpc) is 2.57. The number of thiophene rings is 1. The molecule has 0 spiro atoms. The van der Waals surface area contributed by atoms with Gasteiger partial charge in [0.1, 0.15) is 15.6 Å². The van der Waals surface area contributed by atoms with Crippen LogP contribution in [0.5, 0.6) is 0 Å². The molecular formula is C11H8ClF2NOS. The lowest BCUT2D eigenvalue weighted by molar-refractivity contribution is -0.208. The second kappa shape index (κ2) is 3.37. The maximum Gasteiger partial charge on any atom is 0.254 e. The van der Waals surface area contributed by atoms with E-state index in [4.69, 9.17) is 11.6 Å². The van der Waals surface area contributed by atoms with Crippen molar-refractivity contribution in [2.24, 2.45) is 0 Å². The van der Waals surface area contributed by atoms with Gasteiger partial charge in [-0.25, -0.2) is 13.8 Å². The molecule has 0 unspecified atom stereocenters. The highest BCUT2D eigenvalue weighted by atomic mass is 35.5. The summed E-state index contributed by atoms with van der Waals surface area (Å²) in [4.78, 5) is 5.29. The van der Waals surface area contributed by atoms with Crippen molar-refractivity contribution in [1.82, 2.24) is 4.98 Å². The van der Waals surface area contributed by atoms with Crippen molar-refractivity contribution in [3.8, 4) is 0 Å². The third-order valence-electron chi connectivity index (χ3n) is 2.91. The van der Waals surface area contributed by atoms with Gasteiger partial charge in [0.15, 0.2) is 0 Å². The van der Waals surface area contributed by atoms with Crippen molar-refractivity contribution in [2.75, 3.05) is 0 Å². The minimum absolute atomic E-state index is 0.358. The largest absolute Gasteiger partial charge is 0.384 e. The molecule has 0 aliphatic heterocycles. The first-order valence-electron chi connectivity index (χ1n) is 5.05. The maximum absolute atomic E-state index is 12.8. The molecule has 2 aromatic heterocycles. The molecule has 1 aliphatic carbocycles. The Morgan fingerprint density at radius 2 is 2.06 bits per heavy atom. The van der Waals surface area contributed by atoms with Crippen LogP contribution in [0.3, 0.4) is 0 Å². The standard InChI is InChI=1S/C11H8ClF2NOS/c12-8-2-1-6-3-7(17-9(6)15-8)10(16)4-11(13,14)5-10/h1-3,16H,4-5H2. The van der Waals surface area contributed by atoms with Crippen LogP contribution >= 0.6 is 22.9 Å². The zero-order chi connectivity index (χ0) is 12.3. The molecule has 1 aliphatic rings. The van der Waals surface area contributed by atoms with Crippen LogP contribution in [0, 0.1) is 0 Å². The number of hydrogen-bond acceptors (Lipinski definition) is 3. The van der Waals surface area contributed by atoms with E-state index in [-0.39, 0.29) is 0 Å². The van der Waals surface area contributed by atoms with Crippen LogP contribution in [-0.2, 0) is 5.60 Å². The summed E-state index contributed by atoms with van der Waals surface area (Å²) in [6, 6.07) is 5.11. The lowest BCUT2D eigenvalue weighted by Gasteiger charge is -2.42. The summed E-state index contributed by atoms with van der Waals surface area (Å²) in [6.45, 7) is 0. The second-order valence-corrected chi connectivity index (χ2v) is 5.80. The van der Waals surface area contributed by atoms with Crippen LogP contribution in [0.4, 0.5) is 8.78 Å². The summed E-state index contributed by atoms with van der Waals surface area (Å²) in [6.07, 6.45) is -1.03. The van der Waals surface area contributed by atoms with Gasteiger partial charge in [0.2, 0.25) is 0 Å². The first-order chi connectivity index (χ1) is 7.88. The summed E-state index contributed by atoms with van der Waals surface area (Å²) in [5, 5.41) is 11.2. The molecular weight excluding hydrogens is 268 g/mol. The van der Waals surface area contributed by atoms with E-state index < -0.39 is 24.4 Å². The normalized spacial score (nSPS) is 21.4. The minimum atomic E-state index is -2.75. The molecule has 1 fully saturated rings. The highest BCUT2D eigenvalue weighted by molar-refractivity contribution is 7.18. The number of rotatable bonds is 1. The van der Waals surface area contributed by atoms with Crippen molar-refractivity contribution in [3.63, 3.8) is 0 Å². The van der Waals surface area contributed by atoms with Crippen LogP contribution in [0.1, 0.15) is 17.7 Å². The zero-order valence-corrected chi connectivity index (χ0v) is 10.2. The van der Waals surface area contributed by atoms with E-state index in [0.717, 1.165) is 5.39 Å². The highest BCUT2D eigenvalue weighted by Gasteiger charge is 2.57. The Hall–Kier alpha value is -0.780. The molecule has 1 N–H and O–H groups in total. The van der Waals surface area contributed by atoms with Crippen molar-refractivity contribution >= 4 is 33.2 Å². The first kappa shape index (κ1) is 11.3. The molecule has 6 heteroatoms. The van der Waals surface area contributed by atoms with Crippen LogP contribution in [0.25, 0.3) is 10.2 Å². The Morgan fingerprint density at radius 1 is 1.35 bits per heavy atom. The predicted octanol–water partition coefficient (Wildman–Crippen LogP) is 3.57. The lowest BCUT2D eigenvalue weighted by Crippen LogP contribution is -2.48. The quantitative estimate of drug-likeness (QED) is 0.807. The number of aromatic nitrogens is 1. The highest BCUT2D eigenvalue weighted by Crippen LogP contribution is 2.53. The third-order valence-corrected chi connectivity index (χ3v) is 4.36. The van der Waals surface area contributed by atoms with Crippen LogP contribution in [0.15, 0.2) is 18.2 Å². The number of alkyl halides is 2.